The highest BCUT2D eigenvalue weighted by Gasteiger charge is 2.15. The van der Waals surface area contributed by atoms with E-state index in [-0.39, 0.29) is 5.82 Å². The number of likely N-dealkylation sites (tertiary alicyclic amines) is 1. The average Bonchev–Trinajstić information content (AvgIpc) is 2.40. The first-order valence-corrected chi connectivity index (χ1v) is 6.94. The Balaban J connectivity index is 1.82. The molecule has 0 N–H and O–H groups in total. The molecule has 0 spiro atoms. The lowest BCUT2D eigenvalue weighted by atomic mass is 9.95. The van der Waals surface area contributed by atoms with Gasteiger partial charge in [-0.25, -0.2) is 4.39 Å². The van der Waals surface area contributed by atoms with Gasteiger partial charge in [0.25, 0.3) is 0 Å². The van der Waals surface area contributed by atoms with Gasteiger partial charge in [0.05, 0.1) is 0 Å². The minimum atomic E-state index is -0.167. The monoisotopic (exact) mass is 247 g/mol. The van der Waals surface area contributed by atoms with E-state index in [1.54, 1.807) is 0 Å². The normalized spacial score (nSPS) is 18.6. The lowest BCUT2D eigenvalue weighted by Gasteiger charge is -2.30. The Kier molecular flexibility index (Phi) is 4.94. The fraction of sp³-hybridized carbons (Fsp3) is 0.500. The molecule has 1 aliphatic heterocycles. The predicted octanol–water partition coefficient (Wildman–Crippen LogP) is 3.96. The fourth-order valence-corrected chi connectivity index (χ4v) is 2.51. The molecule has 0 atom stereocenters. The van der Waals surface area contributed by atoms with Crippen LogP contribution in [-0.2, 0) is 0 Å². The van der Waals surface area contributed by atoms with E-state index in [1.165, 1.54) is 51.0 Å². The highest BCUT2D eigenvalue weighted by molar-refractivity contribution is 5.49. The number of halogens is 1. The van der Waals surface area contributed by atoms with Gasteiger partial charge in [-0.1, -0.05) is 31.2 Å². The van der Waals surface area contributed by atoms with Gasteiger partial charge in [-0.3, -0.25) is 0 Å². The molecule has 2 rings (SSSR count). The second-order valence-electron chi connectivity index (χ2n) is 5.09. The topological polar surface area (TPSA) is 3.24 Å². The Morgan fingerprint density at radius 3 is 2.50 bits per heavy atom. The lowest BCUT2D eigenvalue weighted by molar-refractivity contribution is 0.204. The Morgan fingerprint density at radius 2 is 1.89 bits per heavy atom. The molecule has 2 heteroatoms. The second-order valence-corrected chi connectivity index (χ2v) is 5.09. The first kappa shape index (κ1) is 13.3. The van der Waals surface area contributed by atoms with E-state index in [2.05, 4.69) is 24.0 Å². The van der Waals surface area contributed by atoms with E-state index >= 15 is 0 Å². The average molecular weight is 247 g/mol. The van der Waals surface area contributed by atoms with Crippen LogP contribution in [0.15, 0.2) is 30.3 Å². The van der Waals surface area contributed by atoms with Crippen molar-refractivity contribution < 1.29 is 4.39 Å². The third-order valence-electron chi connectivity index (χ3n) is 3.60. The van der Waals surface area contributed by atoms with E-state index in [9.17, 15) is 4.39 Å². The van der Waals surface area contributed by atoms with Crippen LogP contribution < -0.4 is 0 Å². The molecule has 1 fully saturated rings. The van der Waals surface area contributed by atoms with Crippen LogP contribution in [0.1, 0.15) is 31.7 Å². The number of benzene rings is 1. The zero-order valence-electron chi connectivity index (χ0n) is 11.1. The number of allylic oxidation sites excluding steroid dienone is 1. The summed E-state index contributed by atoms with van der Waals surface area (Å²) in [4.78, 5) is 2.54. The Morgan fingerprint density at radius 1 is 1.22 bits per heavy atom. The lowest BCUT2D eigenvalue weighted by Crippen LogP contribution is -2.33. The molecule has 0 bridgehead atoms. The summed E-state index contributed by atoms with van der Waals surface area (Å²) >= 11 is 0. The Labute approximate surface area is 109 Å². The van der Waals surface area contributed by atoms with Gasteiger partial charge in [0, 0.05) is 0 Å². The smallest absolute Gasteiger partial charge is 0.123 e. The minimum absolute atomic E-state index is 0.167. The molecule has 0 aromatic heterocycles. The van der Waals surface area contributed by atoms with E-state index in [1.807, 2.05) is 12.1 Å². The fourth-order valence-electron chi connectivity index (χ4n) is 2.51. The van der Waals surface area contributed by atoms with Gasteiger partial charge in [0.2, 0.25) is 0 Å². The third kappa shape index (κ3) is 3.95. The van der Waals surface area contributed by atoms with Crippen molar-refractivity contribution in [2.24, 2.45) is 5.92 Å². The van der Waals surface area contributed by atoms with Crippen molar-refractivity contribution in [3.63, 3.8) is 0 Å². The van der Waals surface area contributed by atoms with Gasteiger partial charge in [-0.2, -0.15) is 0 Å². The van der Waals surface area contributed by atoms with Crippen molar-refractivity contribution in [2.75, 3.05) is 19.6 Å². The van der Waals surface area contributed by atoms with Gasteiger partial charge in [-0.05, 0) is 62.5 Å². The summed E-state index contributed by atoms with van der Waals surface area (Å²) in [5.41, 5.74) is 1.09. The highest BCUT2D eigenvalue weighted by atomic mass is 19.1. The predicted molar refractivity (Wildman–Crippen MR) is 74.9 cm³/mol. The molecule has 18 heavy (non-hydrogen) atoms. The summed E-state index contributed by atoms with van der Waals surface area (Å²) in [7, 11) is 0. The molecular formula is C16H22FN. The number of nitrogens with zero attached hydrogens (tertiary/aromatic N) is 1. The summed E-state index contributed by atoms with van der Waals surface area (Å²) in [5.74, 6) is 0.517. The van der Waals surface area contributed by atoms with E-state index in [4.69, 9.17) is 0 Å². The van der Waals surface area contributed by atoms with Crippen LogP contribution in [0.4, 0.5) is 4.39 Å². The van der Waals surface area contributed by atoms with Crippen LogP contribution in [0.2, 0.25) is 0 Å². The molecule has 0 unspecified atom stereocenters. The Bertz CT molecular complexity index is 375. The summed E-state index contributed by atoms with van der Waals surface area (Å²) in [6.07, 6.45) is 8.15. The Hall–Kier alpha value is -1.15. The van der Waals surface area contributed by atoms with Crippen molar-refractivity contribution in [1.29, 1.82) is 0 Å². The molecule has 1 aromatic carbocycles. The van der Waals surface area contributed by atoms with Crippen molar-refractivity contribution in [3.8, 4) is 0 Å². The van der Waals surface area contributed by atoms with Crippen LogP contribution in [0.5, 0.6) is 0 Å². The van der Waals surface area contributed by atoms with Crippen molar-refractivity contribution in [2.45, 2.75) is 26.2 Å². The largest absolute Gasteiger partial charge is 0.303 e. The summed E-state index contributed by atoms with van der Waals surface area (Å²) in [6, 6.07) is 6.70. The number of rotatable bonds is 4. The number of hydrogen-bond donors (Lipinski definition) is 0. The SMILES string of the molecule is CCCN1CCC(/C=C/c2ccc(F)cc2)CC1. The maximum atomic E-state index is 12.8. The molecule has 0 aliphatic carbocycles. The summed E-state index contributed by atoms with van der Waals surface area (Å²) in [5, 5.41) is 0. The molecule has 1 nitrogen and oxygen atoms in total. The van der Waals surface area contributed by atoms with Crippen LogP contribution in [-0.4, -0.2) is 24.5 Å². The van der Waals surface area contributed by atoms with Gasteiger partial charge in [-0.15, -0.1) is 0 Å². The van der Waals surface area contributed by atoms with Crippen molar-refractivity contribution >= 4 is 6.08 Å². The first-order chi connectivity index (χ1) is 8.78. The molecule has 1 aliphatic rings. The van der Waals surface area contributed by atoms with E-state index < -0.39 is 0 Å². The zero-order valence-corrected chi connectivity index (χ0v) is 11.1. The van der Waals surface area contributed by atoms with E-state index in [0.717, 1.165) is 5.56 Å². The summed E-state index contributed by atoms with van der Waals surface area (Å²) in [6.45, 7) is 5.90. The minimum Gasteiger partial charge on any atom is -0.303 e. The van der Waals surface area contributed by atoms with Crippen LogP contribution in [0.25, 0.3) is 6.08 Å². The molecule has 1 heterocycles. The van der Waals surface area contributed by atoms with Crippen LogP contribution in [0.3, 0.4) is 0 Å². The molecule has 1 saturated heterocycles. The molecule has 0 amide bonds. The quantitative estimate of drug-likeness (QED) is 0.778. The summed E-state index contributed by atoms with van der Waals surface area (Å²) < 4.78 is 12.8. The molecule has 98 valence electrons. The maximum absolute atomic E-state index is 12.8. The molecule has 0 saturated carbocycles. The second kappa shape index (κ2) is 6.69. The number of piperidine rings is 1. The van der Waals surface area contributed by atoms with Gasteiger partial charge < -0.3 is 4.90 Å². The van der Waals surface area contributed by atoms with Crippen LogP contribution in [0, 0.1) is 11.7 Å². The van der Waals surface area contributed by atoms with Crippen LogP contribution >= 0.6 is 0 Å². The van der Waals surface area contributed by atoms with Crippen molar-refractivity contribution in [1.82, 2.24) is 4.90 Å². The van der Waals surface area contributed by atoms with Gasteiger partial charge in [0.1, 0.15) is 5.82 Å². The van der Waals surface area contributed by atoms with Gasteiger partial charge in [0.15, 0.2) is 0 Å². The number of hydrogen-bond acceptors (Lipinski definition) is 1. The molecule has 0 radical (unpaired) electrons. The highest BCUT2D eigenvalue weighted by Crippen LogP contribution is 2.19. The van der Waals surface area contributed by atoms with Crippen molar-refractivity contribution in [3.05, 3.63) is 41.7 Å². The standard InChI is InChI=1S/C16H22FN/c1-2-11-18-12-9-15(10-13-18)4-3-14-5-7-16(17)8-6-14/h3-8,15H,2,9-13H2,1H3/b4-3+. The first-order valence-electron chi connectivity index (χ1n) is 6.94. The molecule has 1 aromatic rings. The maximum Gasteiger partial charge on any atom is 0.123 e. The molecular weight excluding hydrogens is 225 g/mol. The zero-order chi connectivity index (χ0) is 12.8. The van der Waals surface area contributed by atoms with E-state index in [0.29, 0.717) is 5.92 Å². The van der Waals surface area contributed by atoms with Gasteiger partial charge >= 0.3 is 0 Å². The third-order valence-corrected chi connectivity index (χ3v) is 3.60.